The molecule has 0 saturated carbocycles. The lowest BCUT2D eigenvalue weighted by atomic mass is 10.1. The number of methoxy groups -OCH3 is 1. The van der Waals surface area contributed by atoms with Gasteiger partial charge in [-0.15, -0.1) is 0 Å². The first-order valence-electron chi connectivity index (χ1n) is 8.11. The molecule has 1 aromatic rings. The summed E-state index contributed by atoms with van der Waals surface area (Å²) in [5, 5.41) is 3.45. The molecule has 0 amide bonds. The van der Waals surface area contributed by atoms with Gasteiger partial charge < -0.3 is 10.1 Å². The van der Waals surface area contributed by atoms with Crippen molar-refractivity contribution >= 4 is 0 Å². The topological polar surface area (TPSA) is 24.5 Å². The third-order valence-corrected chi connectivity index (χ3v) is 3.92. The predicted molar refractivity (Wildman–Crippen MR) is 90.5 cm³/mol. The highest BCUT2D eigenvalue weighted by Crippen LogP contribution is 2.12. The summed E-state index contributed by atoms with van der Waals surface area (Å²) >= 11 is 0. The van der Waals surface area contributed by atoms with Crippen molar-refractivity contribution < 1.29 is 4.74 Å². The molecule has 120 valence electrons. The highest BCUT2D eigenvalue weighted by Gasteiger charge is 2.12. The summed E-state index contributed by atoms with van der Waals surface area (Å²) in [7, 11) is 1.77. The second kappa shape index (κ2) is 9.93. The highest BCUT2D eigenvalue weighted by atomic mass is 16.5. The summed E-state index contributed by atoms with van der Waals surface area (Å²) in [5.74, 6) is 0. The van der Waals surface area contributed by atoms with Crippen molar-refractivity contribution in [3.05, 3.63) is 35.4 Å². The van der Waals surface area contributed by atoms with E-state index in [4.69, 9.17) is 4.74 Å². The van der Waals surface area contributed by atoms with Crippen LogP contribution in [0.2, 0.25) is 0 Å². The van der Waals surface area contributed by atoms with E-state index in [-0.39, 0.29) is 0 Å². The third kappa shape index (κ3) is 7.07. The summed E-state index contributed by atoms with van der Waals surface area (Å²) in [4.78, 5) is 2.49. The summed E-state index contributed by atoms with van der Waals surface area (Å²) in [5.41, 5.74) is 2.72. The Morgan fingerprint density at radius 1 is 1.10 bits per heavy atom. The molecule has 0 aliphatic heterocycles. The second-order valence-corrected chi connectivity index (χ2v) is 6.07. The average Bonchev–Trinajstić information content (AvgIpc) is 2.49. The van der Waals surface area contributed by atoms with Gasteiger partial charge in [-0.2, -0.15) is 0 Å². The van der Waals surface area contributed by atoms with Crippen LogP contribution in [0.5, 0.6) is 0 Å². The molecule has 3 heteroatoms. The molecule has 1 unspecified atom stereocenters. The fourth-order valence-corrected chi connectivity index (χ4v) is 2.24. The maximum Gasteiger partial charge on any atom is 0.0589 e. The maximum absolute atomic E-state index is 5.23. The van der Waals surface area contributed by atoms with Crippen LogP contribution in [0.15, 0.2) is 24.3 Å². The van der Waals surface area contributed by atoms with Crippen molar-refractivity contribution in [3.63, 3.8) is 0 Å². The Labute approximate surface area is 130 Å². The van der Waals surface area contributed by atoms with Crippen molar-refractivity contribution in [2.45, 2.75) is 59.3 Å². The second-order valence-electron chi connectivity index (χ2n) is 6.07. The number of nitrogens with one attached hydrogen (secondary N) is 1. The van der Waals surface area contributed by atoms with E-state index in [0.717, 1.165) is 26.2 Å². The van der Waals surface area contributed by atoms with E-state index >= 15 is 0 Å². The van der Waals surface area contributed by atoms with Crippen LogP contribution in [0.4, 0.5) is 0 Å². The molecule has 0 aliphatic carbocycles. The quantitative estimate of drug-likeness (QED) is 0.715. The minimum Gasteiger partial charge on any atom is -0.383 e. The Hall–Kier alpha value is -0.900. The lowest BCUT2D eigenvalue weighted by Crippen LogP contribution is -2.34. The molecule has 0 spiro atoms. The first kappa shape index (κ1) is 18.1. The van der Waals surface area contributed by atoms with Crippen molar-refractivity contribution in [1.82, 2.24) is 10.2 Å². The van der Waals surface area contributed by atoms with E-state index in [1.165, 1.54) is 17.5 Å². The van der Waals surface area contributed by atoms with Crippen LogP contribution in [0.1, 0.15) is 45.2 Å². The monoisotopic (exact) mass is 292 g/mol. The minimum atomic E-state index is 0.527. The number of hydrogen-bond donors (Lipinski definition) is 1. The first-order chi connectivity index (χ1) is 10.1. The van der Waals surface area contributed by atoms with Gasteiger partial charge in [0.05, 0.1) is 6.61 Å². The largest absolute Gasteiger partial charge is 0.383 e. The molecule has 1 rings (SSSR count). The lowest BCUT2D eigenvalue weighted by Gasteiger charge is -2.28. The molecule has 1 aromatic carbocycles. The Morgan fingerprint density at radius 2 is 1.71 bits per heavy atom. The average molecular weight is 292 g/mol. The van der Waals surface area contributed by atoms with Crippen LogP contribution in [0.3, 0.4) is 0 Å². The van der Waals surface area contributed by atoms with Gasteiger partial charge in [-0.25, -0.2) is 0 Å². The summed E-state index contributed by atoms with van der Waals surface area (Å²) < 4.78 is 5.23. The SMILES string of the molecule is CCC(C)N(CCOC)Cc1ccc(CNC(C)C)cc1. The molecule has 0 fully saturated rings. The molecule has 0 radical (unpaired) electrons. The fraction of sp³-hybridized carbons (Fsp3) is 0.667. The first-order valence-corrected chi connectivity index (χ1v) is 8.11. The van der Waals surface area contributed by atoms with E-state index in [1.807, 2.05) is 0 Å². The summed E-state index contributed by atoms with van der Waals surface area (Å²) in [6, 6.07) is 10.1. The zero-order chi connectivity index (χ0) is 15.7. The van der Waals surface area contributed by atoms with E-state index in [9.17, 15) is 0 Å². The van der Waals surface area contributed by atoms with Crippen molar-refractivity contribution in [2.24, 2.45) is 0 Å². The summed E-state index contributed by atoms with van der Waals surface area (Å²) in [6.45, 7) is 12.6. The zero-order valence-corrected chi connectivity index (χ0v) is 14.4. The van der Waals surface area contributed by atoms with Crippen LogP contribution < -0.4 is 5.32 Å². The molecule has 0 aliphatic rings. The van der Waals surface area contributed by atoms with Gasteiger partial charge in [0.15, 0.2) is 0 Å². The Bertz CT molecular complexity index is 375. The smallest absolute Gasteiger partial charge is 0.0589 e. The molecular weight excluding hydrogens is 260 g/mol. The fourth-order valence-electron chi connectivity index (χ4n) is 2.24. The van der Waals surface area contributed by atoms with Gasteiger partial charge in [0, 0.05) is 38.8 Å². The van der Waals surface area contributed by atoms with Crippen LogP contribution in [-0.4, -0.2) is 37.2 Å². The van der Waals surface area contributed by atoms with Crippen LogP contribution in [0, 0.1) is 0 Å². The van der Waals surface area contributed by atoms with Crippen molar-refractivity contribution in [1.29, 1.82) is 0 Å². The molecule has 1 atom stereocenters. The molecule has 0 saturated heterocycles. The van der Waals surface area contributed by atoms with E-state index in [0.29, 0.717) is 12.1 Å². The van der Waals surface area contributed by atoms with Gasteiger partial charge in [-0.3, -0.25) is 4.90 Å². The van der Waals surface area contributed by atoms with Gasteiger partial charge in [-0.1, -0.05) is 45.0 Å². The predicted octanol–water partition coefficient (Wildman–Crippen LogP) is 3.43. The highest BCUT2D eigenvalue weighted by molar-refractivity contribution is 5.22. The van der Waals surface area contributed by atoms with Gasteiger partial charge >= 0.3 is 0 Å². The molecular formula is C18H32N2O. The van der Waals surface area contributed by atoms with Gasteiger partial charge in [0.25, 0.3) is 0 Å². The number of rotatable bonds is 10. The van der Waals surface area contributed by atoms with E-state index in [1.54, 1.807) is 7.11 Å². The maximum atomic E-state index is 5.23. The number of nitrogens with zero attached hydrogens (tertiary/aromatic N) is 1. The van der Waals surface area contributed by atoms with Crippen molar-refractivity contribution in [2.75, 3.05) is 20.3 Å². The Kier molecular flexibility index (Phi) is 8.58. The van der Waals surface area contributed by atoms with E-state index < -0.39 is 0 Å². The molecule has 0 bridgehead atoms. The molecule has 1 N–H and O–H groups in total. The van der Waals surface area contributed by atoms with Crippen LogP contribution >= 0.6 is 0 Å². The Balaban J connectivity index is 2.58. The number of ether oxygens (including phenoxy) is 1. The molecule has 0 heterocycles. The molecule has 3 nitrogen and oxygen atoms in total. The molecule has 21 heavy (non-hydrogen) atoms. The van der Waals surface area contributed by atoms with Crippen LogP contribution in [0.25, 0.3) is 0 Å². The minimum absolute atomic E-state index is 0.527. The van der Waals surface area contributed by atoms with Gasteiger partial charge in [0.2, 0.25) is 0 Å². The van der Waals surface area contributed by atoms with Gasteiger partial charge in [-0.05, 0) is 24.5 Å². The van der Waals surface area contributed by atoms with Gasteiger partial charge in [0.1, 0.15) is 0 Å². The summed E-state index contributed by atoms with van der Waals surface area (Å²) in [6.07, 6.45) is 1.17. The third-order valence-electron chi connectivity index (χ3n) is 3.92. The van der Waals surface area contributed by atoms with Crippen LogP contribution in [-0.2, 0) is 17.8 Å². The number of benzene rings is 1. The van der Waals surface area contributed by atoms with Crippen molar-refractivity contribution in [3.8, 4) is 0 Å². The standard InChI is InChI=1S/C18H32N2O/c1-6-16(4)20(11-12-21-5)14-18-9-7-17(8-10-18)13-19-15(2)3/h7-10,15-16,19H,6,11-14H2,1-5H3. The number of hydrogen-bond acceptors (Lipinski definition) is 3. The molecule has 0 aromatic heterocycles. The lowest BCUT2D eigenvalue weighted by molar-refractivity contribution is 0.118. The normalized spacial score (nSPS) is 13.1. The van der Waals surface area contributed by atoms with E-state index in [2.05, 4.69) is 62.2 Å². The Morgan fingerprint density at radius 3 is 2.24 bits per heavy atom. The zero-order valence-electron chi connectivity index (χ0n) is 14.4.